The molecule has 0 aromatic rings. The lowest BCUT2D eigenvalue weighted by Gasteiger charge is -2.30. The Morgan fingerprint density at radius 3 is 2.26 bits per heavy atom. The molecule has 4 atom stereocenters. The van der Waals surface area contributed by atoms with Crippen molar-refractivity contribution in [2.45, 2.75) is 70.1 Å². The standard InChI is InChI=1S/C19H32N4O8/c1-10(2)8-13(22-16(27)11(20)9-24)18(29)23-7-3-4-14(23)17(28)21-12(19(30)31)5-6-15(25)26/h10-14,24H,3-9,20H2,1-2H3,(H,21,28)(H,22,27)(H,25,26)(H,30,31)/t11-,12-,13-,14-/m0/s1. The molecule has 1 fully saturated rings. The zero-order valence-electron chi connectivity index (χ0n) is 17.7. The van der Waals surface area contributed by atoms with E-state index in [9.17, 15) is 29.1 Å². The zero-order chi connectivity index (χ0) is 23.7. The van der Waals surface area contributed by atoms with Gasteiger partial charge in [-0.15, -0.1) is 0 Å². The lowest BCUT2D eigenvalue weighted by molar-refractivity contribution is -0.145. The van der Waals surface area contributed by atoms with Gasteiger partial charge in [-0.1, -0.05) is 13.8 Å². The summed E-state index contributed by atoms with van der Waals surface area (Å²) in [6.45, 7) is 3.37. The molecule has 1 aliphatic rings. The molecule has 0 saturated carbocycles. The number of rotatable bonds is 12. The number of nitrogens with two attached hydrogens (primary N) is 1. The summed E-state index contributed by atoms with van der Waals surface area (Å²) in [5.74, 6) is -4.41. The predicted octanol–water partition coefficient (Wildman–Crippen LogP) is -1.74. The van der Waals surface area contributed by atoms with Crippen LogP contribution in [0.4, 0.5) is 0 Å². The normalized spacial score (nSPS) is 18.9. The maximum absolute atomic E-state index is 13.1. The van der Waals surface area contributed by atoms with Gasteiger partial charge in [0.2, 0.25) is 17.7 Å². The van der Waals surface area contributed by atoms with Crippen molar-refractivity contribution in [3.8, 4) is 0 Å². The minimum absolute atomic E-state index is 0.0295. The summed E-state index contributed by atoms with van der Waals surface area (Å²) in [6, 6.07) is -4.47. The van der Waals surface area contributed by atoms with E-state index in [1.165, 1.54) is 4.90 Å². The van der Waals surface area contributed by atoms with Crippen LogP contribution in [0.3, 0.4) is 0 Å². The number of nitrogens with one attached hydrogen (secondary N) is 2. The van der Waals surface area contributed by atoms with Gasteiger partial charge in [-0.05, 0) is 31.6 Å². The van der Waals surface area contributed by atoms with Crippen LogP contribution in [0.2, 0.25) is 0 Å². The van der Waals surface area contributed by atoms with Gasteiger partial charge in [0.05, 0.1) is 6.61 Å². The van der Waals surface area contributed by atoms with Crippen molar-refractivity contribution in [1.29, 1.82) is 0 Å². The molecule has 31 heavy (non-hydrogen) atoms. The van der Waals surface area contributed by atoms with Crippen molar-refractivity contribution in [2.75, 3.05) is 13.2 Å². The van der Waals surface area contributed by atoms with Crippen LogP contribution < -0.4 is 16.4 Å². The number of aliphatic carboxylic acids is 2. The number of carbonyl (C=O) groups is 5. The average molecular weight is 444 g/mol. The van der Waals surface area contributed by atoms with Crippen LogP contribution >= 0.6 is 0 Å². The second-order valence-electron chi connectivity index (χ2n) is 8.00. The van der Waals surface area contributed by atoms with Gasteiger partial charge in [-0.3, -0.25) is 19.2 Å². The van der Waals surface area contributed by atoms with Crippen molar-refractivity contribution >= 4 is 29.7 Å². The van der Waals surface area contributed by atoms with Crippen molar-refractivity contribution in [3.63, 3.8) is 0 Å². The highest BCUT2D eigenvalue weighted by Gasteiger charge is 2.39. The van der Waals surface area contributed by atoms with E-state index in [0.29, 0.717) is 12.8 Å². The average Bonchev–Trinajstić information content (AvgIpc) is 3.18. The lowest BCUT2D eigenvalue weighted by Crippen LogP contribution is -2.57. The minimum Gasteiger partial charge on any atom is -0.481 e. The zero-order valence-corrected chi connectivity index (χ0v) is 17.7. The van der Waals surface area contributed by atoms with E-state index in [4.69, 9.17) is 15.9 Å². The molecule has 3 amide bonds. The first-order valence-electron chi connectivity index (χ1n) is 10.2. The number of carboxylic acid groups (broad SMARTS) is 2. The summed E-state index contributed by atoms with van der Waals surface area (Å²) in [4.78, 5) is 61.2. The molecule has 0 aromatic heterocycles. The monoisotopic (exact) mass is 444 g/mol. The molecule has 0 unspecified atom stereocenters. The lowest BCUT2D eigenvalue weighted by atomic mass is 10.0. The Hall–Kier alpha value is -2.73. The maximum atomic E-state index is 13.1. The number of likely N-dealkylation sites (tertiary alicyclic amines) is 1. The second-order valence-corrected chi connectivity index (χ2v) is 8.00. The van der Waals surface area contributed by atoms with Crippen LogP contribution in [0.5, 0.6) is 0 Å². The molecule has 1 saturated heterocycles. The number of carboxylic acids is 2. The summed E-state index contributed by atoms with van der Waals surface area (Å²) >= 11 is 0. The Labute approximate surface area is 180 Å². The highest BCUT2D eigenvalue weighted by molar-refractivity contribution is 5.94. The molecule has 12 heteroatoms. The van der Waals surface area contributed by atoms with E-state index in [0.717, 1.165) is 0 Å². The van der Waals surface area contributed by atoms with Crippen LogP contribution in [-0.4, -0.2) is 87.2 Å². The molecule has 0 bridgehead atoms. The van der Waals surface area contributed by atoms with E-state index in [1.54, 1.807) is 0 Å². The fourth-order valence-corrected chi connectivity index (χ4v) is 3.35. The number of aliphatic hydroxyl groups is 1. The molecular weight excluding hydrogens is 412 g/mol. The van der Waals surface area contributed by atoms with Gasteiger partial charge >= 0.3 is 11.9 Å². The van der Waals surface area contributed by atoms with Crippen LogP contribution in [0.15, 0.2) is 0 Å². The molecule has 0 radical (unpaired) electrons. The molecule has 0 spiro atoms. The van der Waals surface area contributed by atoms with E-state index in [2.05, 4.69) is 10.6 Å². The van der Waals surface area contributed by atoms with Crippen LogP contribution in [0.1, 0.15) is 46.0 Å². The Balaban J connectivity index is 2.92. The highest BCUT2D eigenvalue weighted by Crippen LogP contribution is 2.21. The van der Waals surface area contributed by atoms with E-state index in [-0.39, 0.29) is 25.3 Å². The molecule has 12 nitrogen and oxygen atoms in total. The van der Waals surface area contributed by atoms with Gasteiger partial charge < -0.3 is 36.6 Å². The number of hydrogen-bond donors (Lipinski definition) is 6. The number of hydrogen-bond acceptors (Lipinski definition) is 7. The predicted molar refractivity (Wildman–Crippen MR) is 108 cm³/mol. The van der Waals surface area contributed by atoms with E-state index < -0.39 is 66.9 Å². The fourth-order valence-electron chi connectivity index (χ4n) is 3.35. The first-order chi connectivity index (χ1) is 14.5. The Morgan fingerprint density at radius 2 is 1.74 bits per heavy atom. The summed E-state index contributed by atoms with van der Waals surface area (Å²) in [6.07, 6.45) is 0.376. The van der Waals surface area contributed by atoms with E-state index >= 15 is 0 Å². The van der Waals surface area contributed by atoms with Gasteiger partial charge in [0.25, 0.3) is 0 Å². The molecule has 1 heterocycles. The molecular formula is C19H32N4O8. The van der Waals surface area contributed by atoms with Gasteiger partial charge in [-0.2, -0.15) is 0 Å². The van der Waals surface area contributed by atoms with Gasteiger partial charge in [-0.25, -0.2) is 4.79 Å². The van der Waals surface area contributed by atoms with Crippen LogP contribution in [-0.2, 0) is 24.0 Å². The topological polar surface area (TPSA) is 199 Å². The summed E-state index contributed by atoms with van der Waals surface area (Å²) in [7, 11) is 0. The largest absolute Gasteiger partial charge is 0.481 e. The highest BCUT2D eigenvalue weighted by atomic mass is 16.4. The summed E-state index contributed by atoms with van der Waals surface area (Å²) < 4.78 is 0. The molecule has 1 aliphatic heterocycles. The van der Waals surface area contributed by atoms with Crippen molar-refractivity contribution < 1.29 is 39.3 Å². The Kier molecular flexibility index (Phi) is 10.4. The Bertz CT molecular complexity index is 684. The molecule has 0 aliphatic carbocycles. The van der Waals surface area contributed by atoms with Gasteiger partial charge in [0.1, 0.15) is 24.2 Å². The van der Waals surface area contributed by atoms with Gasteiger partial charge in [0.15, 0.2) is 0 Å². The van der Waals surface area contributed by atoms with Crippen molar-refractivity contribution in [1.82, 2.24) is 15.5 Å². The number of aliphatic hydroxyl groups excluding tert-OH is 1. The smallest absolute Gasteiger partial charge is 0.326 e. The molecule has 176 valence electrons. The maximum Gasteiger partial charge on any atom is 0.326 e. The molecule has 1 rings (SSSR count). The number of amides is 3. The summed E-state index contributed by atoms with van der Waals surface area (Å²) in [5.41, 5.74) is 5.51. The van der Waals surface area contributed by atoms with Crippen molar-refractivity contribution in [2.24, 2.45) is 11.7 Å². The van der Waals surface area contributed by atoms with Crippen LogP contribution in [0.25, 0.3) is 0 Å². The summed E-state index contributed by atoms with van der Waals surface area (Å²) in [5, 5.41) is 31.9. The molecule has 0 aromatic carbocycles. The Morgan fingerprint density at radius 1 is 1.10 bits per heavy atom. The number of carbonyl (C=O) groups excluding carboxylic acids is 3. The van der Waals surface area contributed by atoms with E-state index in [1.807, 2.05) is 13.8 Å². The third-order valence-corrected chi connectivity index (χ3v) is 4.96. The van der Waals surface area contributed by atoms with Crippen molar-refractivity contribution in [3.05, 3.63) is 0 Å². The van der Waals surface area contributed by atoms with Crippen LogP contribution in [0, 0.1) is 5.92 Å². The first kappa shape index (κ1) is 26.3. The molecule has 7 N–H and O–H groups in total. The minimum atomic E-state index is -1.39. The fraction of sp³-hybridized carbons (Fsp3) is 0.737. The quantitative estimate of drug-likeness (QED) is 0.202. The van der Waals surface area contributed by atoms with Gasteiger partial charge in [0, 0.05) is 13.0 Å². The number of nitrogens with zero attached hydrogens (tertiary/aromatic N) is 1. The second kappa shape index (κ2) is 12.2. The third kappa shape index (κ3) is 8.13. The SMILES string of the molecule is CC(C)C[C@H](NC(=O)[C@@H](N)CO)C(=O)N1CCC[C@H]1C(=O)N[C@@H](CCC(=O)O)C(=O)O. The first-order valence-corrected chi connectivity index (χ1v) is 10.2. The third-order valence-electron chi connectivity index (χ3n) is 4.96.